The first-order valence-corrected chi connectivity index (χ1v) is 5.92. The van der Waals surface area contributed by atoms with Crippen LogP contribution in [0, 0.1) is 17.5 Å². The minimum absolute atomic E-state index is 0.0415. The Bertz CT molecular complexity index is 644. The molecule has 0 bridgehead atoms. The maximum atomic E-state index is 13.6. The molecule has 1 heterocycles. The van der Waals surface area contributed by atoms with Gasteiger partial charge in [0.15, 0.2) is 11.6 Å². The number of nitrogens with two attached hydrogens (primary N) is 1. The summed E-state index contributed by atoms with van der Waals surface area (Å²) in [4.78, 5) is 7.79. The van der Waals surface area contributed by atoms with Crippen molar-refractivity contribution < 1.29 is 13.2 Å². The van der Waals surface area contributed by atoms with Gasteiger partial charge in [-0.2, -0.15) is 0 Å². The van der Waals surface area contributed by atoms with Crippen LogP contribution in [0.2, 0.25) is 0 Å². The fraction of sp³-hybridized carbons (Fsp3) is 0.231. The lowest BCUT2D eigenvalue weighted by Crippen LogP contribution is -2.08. The number of anilines is 3. The summed E-state index contributed by atoms with van der Waals surface area (Å²) in [6.45, 7) is 3.70. The monoisotopic (exact) mass is 282 g/mol. The molecule has 0 aliphatic rings. The van der Waals surface area contributed by atoms with Crippen LogP contribution in [0.25, 0.3) is 0 Å². The average Bonchev–Trinajstić information content (AvgIpc) is 2.35. The van der Waals surface area contributed by atoms with Gasteiger partial charge in [0, 0.05) is 17.7 Å². The Kier molecular flexibility index (Phi) is 3.78. The van der Waals surface area contributed by atoms with Gasteiger partial charge in [-0.25, -0.2) is 23.1 Å². The van der Waals surface area contributed by atoms with E-state index in [1.54, 1.807) is 0 Å². The van der Waals surface area contributed by atoms with Gasteiger partial charge < -0.3 is 11.1 Å². The van der Waals surface area contributed by atoms with Crippen LogP contribution in [0.15, 0.2) is 18.5 Å². The van der Waals surface area contributed by atoms with E-state index in [2.05, 4.69) is 15.3 Å². The predicted octanol–water partition coefficient (Wildman–Crippen LogP) is 3.34. The van der Waals surface area contributed by atoms with E-state index in [-0.39, 0.29) is 23.2 Å². The highest BCUT2D eigenvalue weighted by atomic mass is 19.2. The first-order chi connectivity index (χ1) is 9.40. The van der Waals surface area contributed by atoms with Crippen LogP contribution in [0.4, 0.5) is 30.5 Å². The SMILES string of the molecule is CC(C)c1c(N)ncnc1Nc1cc(F)cc(F)c1F. The van der Waals surface area contributed by atoms with Gasteiger partial charge >= 0.3 is 0 Å². The van der Waals surface area contributed by atoms with Crippen molar-refractivity contribution in [3.05, 3.63) is 41.5 Å². The van der Waals surface area contributed by atoms with Crippen molar-refractivity contribution in [2.45, 2.75) is 19.8 Å². The zero-order chi connectivity index (χ0) is 14.9. The van der Waals surface area contributed by atoms with Crippen molar-refractivity contribution in [3.8, 4) is 0 Å². The van der Waals surface area contributed by atoms with Gasteiger partial charge in [-0.1, -0.05) is 13.8 Å². The topological polar surface area (TPSA) is 63.8 Å². The summed E-state index contributed by atoms with van der Waals surface area (Å²) in [5.41, 5.74) is 5.95. The van der Waals surface area contributed by atoms with E-state index in [1.807, 2.05) is 13.8 Å². The summed E-state index contributed by atoms with van der Waals surface area (Å²) in [5, 5.41) is 2.56. The van der Waals surface area contributed by atoms with Crippen molar-refractivity contribution >= 4 is 17.3 Å². The molecule has 0 amide bonds. The lowest BCUT2D eigenvalue weighted by molar-refractivity contribution is 0.498. The first kappa shape index (κ1) is 14.1. The minimum Gasteiger partial charge on any atom is -0.383 e. The number of nitrogens with zero attached hydrogens (tertiary/aromatic N) is 2. The van der Waals surface area contributed by atoms with Gasteiger partial charge in [-0.15, -0.1) is 0 Å². The average molecular weight is 282 g/mol. The number of nitrogen functional groups attached to an aromatic ring is 1. The second-order valence-electron chi connectivity index (χ2n) is 4.55. The molecule has 2 aromatic rings. The van der Waals surface area contributed by atoms with Gasteiger partial charge in [0.05, 0.1) is 5.69 Å². The molecule has 3 N–H and O–H groups in total. The highest BCUT2D eigenvalue weighted by molar-refractivity contribution is 5.65. The third kappa shape index (κ3) is 2.66. The van der Waals surface area contributed by atoms with Crippen LogP contribution in [-0.2, 0) is 0 Å². The summed E-state index contributed by atoms with van der Waals surface area (Å²) in [5.74, 6) is -2.94. The van der Waals surface area contributed by atoms with Crippen molar-refractivity contribution in [1.82, 2.24) is 9.97 Å². The van der Waals surface area contributed by atoms with Gasteiger partial charge in [0.1, 0.15) is 23.8 Å². The Labute approximate surface area is 113 Å². The molecule has 106 valence electrons. The number of benzene rings is 1. The van der Waals surface area contributed by atoms with E-state index in [9.17, 15) is 13.2 Å². The molecule has 0 radical (unpaired) electrons. The van der Waals surface area contributed by atoms with E-state index < -0.39 is 17.5 Å². The number of hydrogen-bond acceptors (Lipinski definition) is 4. The fourth-order valence-corrected chi connectivity index (χ4v) is 1.85. The molecule has 0 spiro atoms. The molecule has 0 fully saturated rings. The molecule has 20 heavy (non-hydrogen) atoms. The normalized spacial score (nSPS) is 10.9. The van der Waals surface area contributed by atoms with Crippen LogP contribution in [0.5, 0.6) is 0 Å². The first-order valence-electron chi connectivity index (χ1n) is 5.92. The van der Waals surface area contributed by atoms with E-state index in [0.29, 0.717) is 11.6 Å². The maximum absolute atomic E-state index is 13.6. The lowest BCUT2D eigenvalue weighted by atomic mass is 10.0. The number of hydrogen-bond donors (Lipinski definition) is 2. The zero-order valence-corrected chi connectivity index (χ0v) is 10.9. The Morgan fingerprint density at radius 1 is 1.15 bits per heavy atom. The molecule has 2 rings (SSSR count). The zero-order valence-electron chi connectivity index (χ0n) is 10.9. The third-order valence-corrected chi connectivity index (χ3v) is 2.74. The van der Waals surface area contributed by atoms with Crippen LogP contribution < -0.4 is 11.1 Å². The van der Waals surface area contributed by atoms with Crippen LogP contribution in [0.1, 0.15) is 25.3 Å². The number of halogens is 3. The van der Waals surface area contributed by atoms with Gasteiger partial charge in [0.25, 0.3) is 0 Å². The molecule has 1 aromatic carbocycles. The largest absolute Gasteiger partial charge is 0.383 e. The van der Waals surface area contributed by atoms with E-state index in [4.69, 9.17) is 5.73 Å². The minimum atomic E-state index is -1.28. The molecule has 0 aliphatic heterocycles. The Hall–Kier alpha value is -2.31. The summed E-state index contributed by atoms with van der Waals surface area (Å²) >= 11 is 0. The summed E-state index contributed by atoms with van der Waals surface area (Å²) in [6.07, 6.45) is 1.19. The fourth-order valence-electron chi connectivity index (χ4n) is 1.85. The molecule has 0 atom stereocenters. The number of nitrogens with one attached hydrogen (secondary N) is 1. The quantitative estimate of drug-likeness (QED) is 0.847. The Morgan fingerprint density at radius 2 is 1.85 bits per heavy atom. The molecular weight excluding hydrogens is 269 g/mol. The second-order valence-corrected chi connectivity index (χ2v) is 4.55. The third-order valence-electron chi connectivity index (χ3n) is 2.74. The Morgan fingerprint density at radius 3 is 2.50 bits per heavy atom. The maximum Gasteiger partial charge on any atom is 0.182 e. The number of aromatic nitrogens is 2. The van der Waals surface area contributed by atoms with Crippen molar-refractivity contribution in [2.24, 2.45) is 0 Å². The van der Waals surface area contributed by atoms with Gasteiger partial charge in [-0.3, -0.25) is 0 Å². The second kappa shape index (κ2) is 5.36. The predicted molar refractivity (Wildman–Crippen MR) is 70.1 cm³/mol. The standard InChI is InChI=1S/C13H13F3N4/c1-6(2)10-12(17)18-5-19-13(10)20-9-4-7(14)3-8(15)11(9)16/h3-6H,1-2H3,(H3,17,18,19,20). The van der Waals surface area contributed by atoms with Gasteiger partial charge in [-0.05, 0) is 5.92 Å². The molecule has 0 saturated heterocycles. The van der Waals surface area contributed by atoms with Crippen LogP contribution >= 0.6 is 0 Å². The van der Waals surface area contributed by atoms with E-state index >= 15 is 0 Å². The van der Waals surface area contributed by atoms with Crippen LogP contribution in [0.3, 0.4) is 0 Å². The summed E-state index contributed by atoms with van der Waals surface area (Å²) < 4.78 is 39.9. The van der Waals surface area contributed by atoms with Gasteiger partial charge in [0.2, 0.25) is 0 Å². The van der Waals surface area contributed by atoms with E-state index in [0.717, 1.165) is 6.07 Å². The number of rotatable bonds is 3. The van der Waals surface area contributed by atoms with Crippen molar-refractivity contribution in [2.75, 3.05) is 11.1 Å². The summed E-state index contributed by atoms with van der Waals surface area (Å²) in [6, 6.07) is 1.32. The molecule has 0 aliphatic carbocycles. The Balaban J connectivity index is 2.48. The van der Waals surface area contributed by atoms with Crippen LogP contribution in [-0.4, -0.2) is 9.97 Å². The van der Waals surface area contributed by atoms with Crippen molar-refractivity contribution in [1.29, 1.82) is 0 Å². The smallest absolute Gasteiger partial charge is 0.182 e. The highest BCUT2D eigenvalue weighted by Gasteiger charge is 2.16. The lowest BCUT2D eigenvalue weighted by Gasteiger charge is -2.15. The summed E-state index contributed by atoms with van der Waals surface area (Å²) in [7, 11) is 0. The highest BCUT2D eigenvalue weighted by Crippen LogP contribution is 2.30. The molecule has 0 unspecified atom stereocenters. The van der Waals surface area contributed by atoms with Crippen molar-refractivity contribution in [3.63, 3.8) is 0 Å². The molecule has 4 nitrogen and oxygen atoms in total. The molecule has 1 aromatic heterocycles. The van der Waals surface area contributed by atoms with E-state index in [1.165, 1.54) is 6.33 Å². The molecule has 7 heteroatoms. The molecule has 0 saturated carbocycles. The molecular formula is C13H13F3N4.